The predicted molar refractivity (Wildman–Crippen MR) is 86.9 cm³/mol. The van der Waals surface area contributed by atoms with Gasteiger partial charge in [-0.05, 0) is 35.1 Å². The third kappa shape index (κ3) is 2.68. The van der Waals surface area contributed by atoms with Gasteiger partial charge in [0, 0.05) is 6.20 Å². The number of sulfone groups is 1. The van der Waals surface area contributed by atoms with Gasteiger partial charge in [0.2, 0.25) is 0 Å². The molecule has 1 aliphatic heterocycles. The van der Waals surface area contributed by atoms with Crippen LogP contribution < -0.4 is 5.46 Å². The zero-order chi connectivity index (χ0) is 15.7. The Bertz CT molecular complexity index is 777. The minimum atomic E-state index is -3.45. The molecule has 3 rings (SSSR count). The standard InChI is InChI=1S/C16H18BNO3S/c1-3-14-13-8-6-7-12(16(13)17(2)21-14)11-22(19,20)15-9-4-5-10-18-15/h4-10,14H,3,11H2,1-2H3. The van der Waals surface area contributed by atoms with E-state index in [0.717, 1.165) is 23.0 Å². The largest absolute Gasteiger partial charge is 0.424 e. The Morgan fingerprint density at radius 1 is 1.23 bits per heavy atom. The molecule has 114 valence electrons. The van der Waals surface area contributed by atoms with Crippen LogP contribution in [0, 0.1) is 0 Å². The smallest absolute Gasteiger partial charge is 0.324 e. The first-order valence-corrected chi connectivity index (χ1v) is 9.09. The highest BCUT2D eigenvalue weighted by molar-refractivity contribution is 7.90. The van der Waals surface area contributed by atoms with Gasteiger partial charge >= 0.3 is 6.92 Å². The minimum Gasteiger partial charge on any atom is -0.424 e. The molecule has 2 heterocycles. The Morgan fingerprint density at radius 2 is 2.05 bits per heavy atom. The van der Waals surface area contributed by atoms with Gasteiger partial charge in [-0.25, -0.2) is 13.4 Å². The third-order valence-electron chi connectivity index (χ3n) is 4.02. The van der Waals surface area contributed by atoms with E-state index in [9.17, 15) is 8.42 Å². The van der Waals surface area contributed by atoms with E-state index in [1.165, 1.54) is 12.3 Å². The lowest BCUT2D eigenvalue weighted by atomic mass is 9.62. The summed E-state index contributed by atoms with van der Waals surface area (Å²) in [5.74, 6) is -0.0443. The highest BCUT2D eigenvalue weighted by Crippen LogP contribution is 2.29. The molecule has 1 aliphatic rings. The molecule has 0 spiro atoms. The molecule has 1 aromatic carbocycles. The van der Waals surface area contributed by atoms with Crippen LogP contribution in [0.4, 0.5) is 0 Å². The van der Waals surface area contributed by atoms with E-state index in [4.69, 9.17) is 4.65 Å². The Balaban J connectivity index is 2.00. The van der Waals surface area contributed by atoms with Crippen molar-refractivity contribution in [3.05, 3.63) is 53.7 Å². The van der Waals surface area contributed by atoms with Crippen molar-refractivity contribution in [1.82, 2.24) is 4.98 Å². The fourth-order valence-corrected chi connectivity index (χ4v) is 4.37. The summed E-state index contributed by atoms with van der Waals surface area (Å²) < 4.78 is 31.0. The first-order valence-electron chi connectivity index (χ1n) is 7.44. The lowest BCUT2D eigenvalue weighted by molar-refractivity contribution is 0.221. The zero-order valence-corrected chi connectivity index (χ0v) is 13.5. The quantitative estimate of drug-likeness (QED) is 0.813. The number of pyridine rings is 1. The van der Waals surface area contributed by atoms with Crippen LogP contribution in [-0.2, 0) is 20.2 Å². The van der Waals surface area contributed by atoms with Crippen LogP contribution in [0.15, 0.2) is 47.6 Å². The molecule has 0 amide bonds. The number of hydrogen-bond donors (Lipinski definition) is 0. The van der Waals surface area contributed by atoms with Crippen LogP contribution in [-0.4, -0.2) is 20.3 Å². The summed E-state index contributed by atoms with van der Waals surface area (Å²) in [7, 11) is -3.45. The molecule has 0 N–H and O–H groups in total. The van der Waals surface area contributed by atoms with Crippen LogP contribution in [0.5, 0.6) is 0 Å². The maximum absolute atomic E-state index is 12.6. The first-order chi connectivity index (χ1) is 10.5. The topological polar surface area (TPSA) is 56.3 Å². The van der Waals surface area contributed by atoms with E-state index in [2.05, 4.69) is 11.9 Å². The molecule has 0 aliphatic carbocycles. The second-order valence-corrected chi connectivity index (χ2v) is 7.46. The van der Waals surface area contributed by atoms with Gasteiger partial charge in [-0.3, -0.25) is 0 Å². The number of hydrogen-bond acceptors (Lipinski definition) is 4. The normalized spacial score (nSPS) is 17.5. The minimum absolute atomic E-state index is 0.0443. The zero-order valence-electron chi connectivity index (χ0n) is 12.7. The van der Waals surface area contributed by atoms with Gasteiger partial charge in [0.25, 0.3) is 0 Å². The van der Waals surface area contributed by atoms with Crippen molar-refractivity contribution in [2.45, 2.75) is 37.1 Å². The van der Waals surface area contributed by atoms with Crippen molar-refractivity contribution >= 4 is 22.2 Å². The molecule has 2 aromatic rings. The van der Waals surface area contributed by atoms with Crippen molar-refractivity contribution in [1.29, 1.82) is 0 Å². The molecule has 0 fully saturated rings. The number of rotatable bonds is 4. The fraction of sp³-hybridized carbons (Fsp3) is 0.312. The van der Waals surface area contributed by atoms with E-state index in [1.807, 2.05) is 25.0 Å². The summed E-state index contributed by atoms with van der Waals surface area (Å²) in [6.07, 6.45) is 2.44. The van der Waals surface area contributed by atoms with Crippen LogP contribution in [0.25, 0.3) is 0 Å². The van der Waals surface area contributed by atoms with Crippen molar-refractivity contribution < 1.29 is 13.1 Å². The maximum atomic E-state index is 12.6. The SMILES string of the molecule is CCC1OB(C)c2c(CS(=O)(=O)c3ccccn3)cccc21. The van der Waals surface area contributed by atoms with Crippen LogP contribution in [0.1, 0.15) is 30.6 Å². The van der Waals surface area contributed by atoms with E-state index in [-0.39, 0.29) is 23.8 Å². The molecular weight excluding hydrogens is 297 g/mol. The number of fused-ring (bicyclic) bond motifs is 1. The lowest BCUT2D eigenvalue weighted by Gasteiger charge is -2.11. The van der Waals surface area contributed by atoms with Crippen LogP contribution in [0.3, 0.4) is 0 Å². The molecular formula is C16H18BNO3S. The highest BCUT2D eigenvalue weighted by Gasteiger charge is 2.33. The van der Waals surface area contributed by atoms with E-state index < -0.39 is 9.84 Å². The molecule has 22 heavy (non-hydrogen) atoms. The monoisotopic (exact) mass is 315 g/mol. The van der Waals surface area contributed by atoms with Gasteiger partial charge in [0.1, 0.15) is 0 Å². The molecule has 1 aromatic heterocycles. The average molecular weight is 315 g/mol. The molecule has 0 bridgehead atoms. The molecule has 0 saturated heterocycles. The van der Waals surface area contributed by atoms with Gasteiger partial charge in [-0.15, -0.1) is 0 Å². The van der Waals surface area contributed by atoms with Gasteiger partial charge < -0.3 is 4.65 Å². The Labute approximate surface area is 131 Å². The maximum Gasteiger partial charge on any atom is 0.324 e. The molecule has 6 heteroatoms. The number of benzene rings is 1. The van der Waals surface area contributed by atoms with E-state index in [1.54, 1.807) is 12.1 Å². The molecule has 0 radical (unpaired) electrons. The van der Waals surface area contributed by atoms with Crippen molar-refractivity contribution in [2.24, 2.45) is 0 Å². The van der Waals surface area contributed by atoms with Crippen LogP contribution >= 0.6 is 0 Å². The Kier molecular flexibility index (Phi) is 4.06. The second kappa shape index (κ2) is 5.86. The molecule has 1 unspecified atom stereocenters. The van der Waals surface area contributed by atoms with E-state index in [0.29, 0.717) is 0 Å². The van der Waals surface area contributed by atoms with Crippen molar-refractivity contribution in [3.8, 4) is 0 Å². The average Bonchev–Trinajstić information content (AvgIpc) is 2.85. The van der Waals surface area contributed by atoms with Gasteiger partial charge in [0.05, 0.1) is 11.9 Å². The van der Waals surface area contributed by atoms with E-state index >= 15 is 0 Å². The first kappa shape index (κ1) is 15.2. The molecule has 4 nitrogen and oxygen atoms in total. The lowest BCUT2D eigenvalue weighted by Crippen LogP contribution is -2.29. The fourth-order valence-electron chi connectivity index (χ4n) is 3.05. The van der Waals surface area contributed by atoms with Gasteiger partial charge in [0.15, 0.2) is 14.9 Å². The Morgan fingerprint density at radius 3 is 2.73 bits per heavy atom. The predicted octanol–water partition coefficient (Wildman–Crippen LogP) is 2.37. The van der Waals surface area contributed by atoms with Gasteiger partial charge in [-0.1, -0.05) is 38.0 Å². The van der Waals surface area contributed by atoms with Crippen molar-refractivity contribution in [2.75, 3.05) is 0 Å². The summed E-state index contributed by atoms with van der Waals surface area (Å²) in [6, 6.07) is 10.7. The van der Waals surface area contributed by atoms with Crippen LogP contribution in [0.2, 0.25) is 6.82 Å². The third-order valence-corrected chi connectivity index (χ3v) is 5.59. The molecule has 1 atom stereocenters. The Hall–Kier alpha value is -1.66. The van der Waals surface area contributed by atoms with Gasteiger partial charge in [-0.2, -0.15) is 0 Å². The summed E-state index contributed by atoms with van der Waals surface area (Å²) in [6.45, 7) is 3.98. The summed E-state index contributed by atoms with van der Waals surface area (Å²) >= 11 is 0. The molecule has 0 saturated carbocycles. The summed E-state index contributed by atoms with van der Waals surface area (Å²) in [5, 5.41) is 0.117. The van der Waals surface area contributed by atoms with Crippen molar-refractivity contribution in [3.63, 3.8) is 0 Å². The summed E-state index contributed by atoms with van der Waals surface area (Å²) in [5.41, 5.74) is 2.95. The number of nitrogens with zero attached hydrogens (tertiary/aromatic N) is 1. The second-order valence-electron chi connectivity index (χ2n) is 5.52. The number of aromatic nitrogens is 1. The summed E-state index contributed by atoms with van der Waals surface area (Å²) in [4.78, 5) is 3.97. The highest BCUT2D eigenvalue weighted by atomic mass is 32.2.